The predicted molar refractivity (Wildman–Crippen MR) is 56.8 cm³/mol. The maximum absolute atomic E-state index is 11.4. The number of hydrogen-bond donors (Lipinski definition) is 3. The summed E-state index contributed by atoms with van der Waals surface area (Å²) in [5.41, 5.74) is 4.95. The minimum Gasteiger partial charge on any atom is -0.381 e. The molecule has 86 valence electrons. The number of amides is 2. The van der Waals surface area contributed by atoms with Crippen molar-refractivity contribution in [1.29, 1.82) is 0 Å². The first-order valence-electron chi connectivity index (χ1n) is 4.38. The van der Waals surface area contributed by atoms with Crippen molar-refractivity contribution in [3.05, 3.63) is 29.0 Å². The van der Waals surface area contributed by atoms with Gasteiger partial charge in [-0.15, -0.1) is 0 Å². The van der Waals surface area contributed by atoms with Crippen molar-refractivity contribution >= 4 is 23.4 Å². The SMILES string of the molecule is NC(=O)C(O)CNC(=O)c1ccc(Cl)cn1. The lowest BCUT2D eigenvalue weighted by Crippen LogP contribution is -2.40. The van der Waals surface area contributed by atoms with Crippen LogP contribution in [0.3, 0.4) is 0 Å². The zero-order valence-corrected chi connectivity index (χ0v) is 8.94. The van der Waals surface area contributed by atoms with Crippen LogP contribution in [0.2, 0.25) is 5.02 Å². The Labute approximate surface area is 96.4 Å². The average Bonchev–Trinajstić information content (AvgIpc) is 2.26. The number of primary amides is 1. The van der Waals surface area contributed by atoms with Crippen LogP contribution < -0.4 is 11.1 Å². The first kappa shape index (κ1) is 12.4. The van der Waals surface area contributed by atoms with E-state index < -0.39 is 17.9 Å². The van der Waals surface area contributed by atoms with Gasteiger partial charge in [0.25, 0.3) is 5.91 Å². The molecule has 16 heavy (non-hydrogen) atoms. The van der Waals surface area contributed by atoms with Crippen LogP contribution in [0.5, 0.6) is 0 Å². The van der Waals surface area contributed by atoms with E-state index in [1.165, 1.54) is 18.3 Å². The van der Waals surface area contributed by atoms with Gasteiger partial charge in [0.2, 0.25) is 5.91 Å². The molecule has 1 rings (SSSR count). The van der Waals surface area contributed by atoms with Crippen LogP contribution in [0.15, 0.2) is 18.3 Å². The van der Waals surface area contributed by atoms with Gasteiger partial charge in [0.1, 0.15) is 11.8 Å². The summed E-state index contributed by atoms with van der Waals surface area (Å²) in [4.78, 5) is 25.6. The molecule has 0 bridgehead atoms. The fraction of sp³-hybridized carbons (Fsp3) is 0.222. The highest BCUT2D eigenvalue weighted by Gasteiger charge is 2.13. The van der Waals surface area contributed by atoms with Gasteiger partial charge in [-0.25, -0.2) is 4.98 Å². The summed E-state index contributed by atoms with van der Waals surface area (Å²) in [5.74, 6) is -1.42. The summed E-state index contributed by atoms with van der Waals surface area (Å²) in [7, 11) is 0. The number of aromatic nitrogens is 1. The van der Waals surface area contributed by atoms with Gasteiger partial charge in [-0.1, -0.05) is 11.6 Å². The topological polar surface area (TPSA) is 105 Å². The number of nitrogens with one attached hydrogen (secondary N) is 1. The summed E-state index contributed by atoms with van der Waals surface area (Å²) < 4.78 is 0. The molecule has 4 N–H and O–H groups in total. The van der Waals surface area contributed by atoms with Gasteiger partial charge in [0, 0.05) is 6.20 Å². The number of nitrogens with two attached hydrogens (primary N) is 1. The summed E-state index contributed by atoms with van der Waals surface area (Å²) in [6.45, 7) is -0.252. The molecule has 1 atom stereocenters. The molecule has 1 heterocycles. The largest absolute Gasteiger partial charge is 0.381 e. The molecule has 1 aromatic heterocycles. The van der Waals surface area contributed by atoms with E-state index in [2.05, 4.69) is 10.3 Å². The number of aliphatic hydroxyl groups excluding tert-OH is 1. The third-order valence-corrected chi connectivity index (χ3v) is 1.97. The minimum absolute atomic E-state index is 0.140. The van der Waals surface area contributed by atoms with Gasteiger partial charge < -0.3 is 16.2 Å². The monoisotopic (exact) mass is 243 g/mol. The highest BCUT2D eigenvalue weighted by Crippen LogP contribution is 2.05. The van der Waals surface area contributed by atoms with Crippen molar-refractivity contribution < 1.29 is 14.7 Å². The number of pyridine rings is 1. The second kappa shape index (κ2) is 5.43. The third-order valence-electron chi connectivity index (χ3n) is 1.74. The van der Waals surface area contributed by atoms with Crippen molar-refractivity contribution in [2.24, 2.45) is 5.73 Å². The average molecular weight is 244 g/mol. The van der Waals surface area contributed by atoms with E-state index in [0.717, 1.165) is 0 Å². The van der Waals surface area contributed by atoms with E-state index in [-0.39, 0.29) is 12.2 Å². The van der Waals surface area contributed by atoms with E-state index in [4.69, 9.17) is 22.4 Å². The van der Waals surface area contributed by atoms with Crippen molar-refractivity contribution in [2.75, 3.05) is 6.54 Å². The Kier molecular flexibility index (Phi) is 4.21. The molecule has 7 heteroatoms. The van der Waals surface area contributed by atoms with E-state index in [1.54, 1.807) is 0 Å². The highest BCUT2D eigenvalue weighted by molar-refractivity contribution is 6.30. The fourth-order valence-corrected chi connectivity index (χ4v) is 1.00. The molecule has 0 spiro atoms. The molecule has 0 aliphatic carbocycles. The minimum atomic E-state index is -1.41. The lowest BCUT2D eigenvalue weighted by atomic mass is 10.3. The second-order valence-electron chi connectivity index (χ2n) is 2.99. The Balaban J connectivity index is 2.53. The number of hydrogen-bond acceptors (Lipinski definition) is 4. The molecule has 0 aliphatic rings. The number of carbonyl (C=O) groups is 2. The number of carbonyl (C=O) groups excluding carboxylic acids is 2. The molecule has 1 unspecified atom stereocenters. The molecule has 0 saturated heterocycles. The summed E-state index contributed by atoms with van der Waals surface area (Å²) in [5, 5.41) is 11.8. The Morgan fingerprint density at radius 3 is 2.75 bits per heavy atom. The normalized spacial score (nSPS) is 11.9. The molecule has 2 amide bonds. The number of aliphatic hydroxyl groups is 1. The molecule has 0 radical (unpaired) electrons. The van der Waals surface area contributed by atoms with E-state index in [0.29, 0.717) is 5.02 Å². The zero-order chi connectivity index (χ0) is 12.1. The van der Waals surface area contributed by atoms with Gasteiger partial charge in [-0.3, -0.25) is 9.59 Å². The van der Waals surface area contributed by atoms with Crippen LogP contribution in [0, 0.1) is 0 Å². The standard InChI is InChI=1S/C9H10ClN3O3/c10-5-1-2-6(12-3-5)9(16)13-4-7(14)8(11)15/h1-3,7,14H,4H2,(H2,11,15)(H,13,16). The predicted octanol–water partition coefficient (Wildman–Crippen LogP) is -0.689. The van der Waals surface area contributed by atoms with Crippen LogP contribution in [0.25, 0.3) is 0 Å². The summed E-state index contributed by atoms with van der Waals surface area (Å²) >= 11 is 5.59. The van der Waals surface area contributed by atoms with Crippen LogP contribution in [-0.2, 0) is 4.79 Å². The molecule has 0 saturated carbocycles. The van der Waals surface area contributed by atoms with Crippen LogP contribution in [0.1, 0.15) is 10.5 Å². The highest BCUT2D eigenvalue weighted by atomic mass is 35.5. The fourth-order valence-electron chi connectivity index (χ4n) is 0.891. The molecule has 0 fully saturated rings. The Bertz CT molecular complexity index is 393. The van der Waals surface area contributed by atoms with Crippen LogP contribution >= 0.6 is 11.6 Å². The van der Waals surface area contributed by atoms with Gasteiger partial charge in [0.05, 0.1) is 11.6 Å². The molecule has 0 aliphatic heterocycles. The number of nitrogens with zero attached hydrogens (tertiary/aromatic N) is 1. The Morgan fingerprint density at radius 1 is 1.56 bits per heavy atom. The van der Waals surface area contributed by atoms with Crippen LogP contribution in [0.4, 0.5) is 0 Å². The van der Waals surface area contributed by atoms with Crippen molar-refractivity contribution in [2.45, 2.75) is 6.10 Å². The van der Waals surface area contributed by atoms with Gasteiger partial charge in [-0.2, -0.15) is 0 Å². The van der Waals surface area contributed by atoms with E-state index in [1.807, 2.05) is 0 Å². The van der Waals surface area contributed by atoms with Crippen LogP contribution in [-0.4, -0.2) is 34.6 Å². The van der Waals surface area contributed by atoms with Gasteiger partial charge in [-0.05, 0) is 12.1 Å². The molecule has 6 nitrogen and oxygen atoms in total. The van der Waals surface area contributed by atoms with Crippen molar-refractivity contribution in [1.82, 2.24) is 10.3 Å². The second-order valence-corrected chi connectivity index (χ2v) is 3.43. The quantitative estimate of drug-likeness (QED) is 0.651. The van der Waals surface area contributed by atoms with E-state index in [9.17, 15) is 9.59 Å². The van der Waals surface area contributed by atoms with Crippen molar-refractivity contribution in [3.63, 3.8) is 0 Å². The molecule has 1 aromatic rings. The van der Waals surface area contributed by atoms with Gasteiger partial charge >= 0.3 is 0 Å². The third kappa shape index (κ3) is 3.48. The summed E-state index contributed by atoms with van der Waals surface area (Å²) in [6, 6.07) is 2.93. The summed E-state index contributed by atoms with van der Waals surface area (Å²) in [6.07, 6.45) is -0.0858. The Hall–Kier alpha value is -1.66. The number of halogens is 1. The van der Waals surface area contributed by atoms with Crippen molar-refractivity contribution in [3.8, 4) is 0 Å². The Morgan fingerprint density at radius 2 is 2.25 bits per heavy atom. The maximum atomic E-state index is 11.4. The van der Waals surface area contributed by atoms with Gasteiger partial charge in [0.15, 0.2) is 0 Å². The molecule has 0 aromatic carbocycles. The smallest absolute Gasteiger partial charge is 0.269 e. The van der Waals surface area contributed by atoms with E-state index >= 15 is 0 Å². The lowest BCUT2D eigenvalue weighted by Gasteiger charge is -2.07. The molecular formula is C9H10ClN3O3. The lowest BCUT2D eigenvalue weighted by molar-refractivity contribution is -0.125. The molecular weight excluding hydrogens is 234 g/mol. The first-order chi connectivity index (χ1) is 7.50. The zero-order valence-electron chi connectivity index (χ0n) is 8.18. The number of rotatable bonds is 4. The first-order valence-corrected chi connectivity index (χ1v) is 4.75. The maximum Gasteiger partial charge on any atom is 0.269 e.